The summed E-state index contributed by atoms with van der Waals surface area (Å²) in [6.07, 6.45) is 10.2. The Balaban J connectivity index is 1.76. The monoisotopic (exact) mass is 217 g/mol. The highest BCUT2D eigenvalue weighted by atomic mass is 16.2. The molecule has 1 heterocycles. The van der Waals surface area contributed by atoms with Gasteiger partial charge in [0.1, 0.15) is 0 Å². The van der Waals surface area contributed by atoms with E-state index in [9.17, 15) is 9.59 Å². The van der Waals surface area contributed by atoms with Crippen molar-refractivity contribution in [2.45, 2.75) is 31.7 Å². The number of nitrogens with zero attached hydrogens (tertiary/aromatic N) is 1. The number of carbonyl (C=O) groups is 2. The quantitative estimate of drug-likeness (QED) is 0.671. The molecule has 0 radical (unpaired) electrons. The van der Waals surface area contributed by atoms with Gasteiger partial charge in [0.2, 0.25) is 5.78 Å². The Morgan fingerprint density at radius 1 is 1.31 bits per heavy atom. The number of allylic oxidation sites excluding steroid dienone is 2. The molecule has 2 aliphatic carbocycles. The van der Waals surface area contributed by atoms with Crippen LogP contribution in [0.2, 0.25) is 0 Å². The van der Waals surface area contributed by atoms with Gasteiger partial charge in [0, 0.05) is 12.1 Å². The third-order valence-corrected chi connectivity index (χ3v) is 3.70. The lowest BCUT2D eigenvalue weighted by molar-refractivity contribution is -0.139. The zero-order valence-corrected chi connectivity index (χ0v) is 9.19. The van der Waals surface area contributed by atoms with Crippen molar-refractivity contribution in [2.75, 3.05) is 6.54 Å². The summed E-state index contributed by atoms with van der Waals surface area (Å²) in [5.74, 6) is 0.223. The Hall–Kier alpha value is -1.38. The van der Waals surface area contributed by atoms with E-state index in [4.69, 9.17) is 0 Å². The van der Waals surface area contributed by atoms with Crippen LogP contribution in [0.4, 0.5) is 0 Å². The van der Waals surface area contributed by atoms with Crippen molar-refractivity contribution in [3.05, 3.63) is 23.8 Å². The highest BCUT2D eigenvalue weighted by molar-refractivity contribution is 6.45. The molecule has 1 saturated heterocycles. The summed E-state index contributed by atoms with van der Waals surface area (Å²) in [6.45, 7) is 0.755. The third kappa shape index (κ3) is 1.51. The van der Waals surface area contributed by atoms with Crippen LogP contribution in [-0.2, 0) is 9.59 Å². The van der Waals surface area contributed by atoms with Crippen molar-refractivity contribution in [1.29, 1.82) is 0 Å². The molecule has 0 N–H and O–H groups in total. The first kappa shape index (κ1) is 9.82. The van der Waals surface area contributed by atoms with Crippen LogP contribution in [0.5, 0.6) is 0 Å². The Kier molecular flexibility index (Phi) is 2.20. The topological polar surface area (TPSA) is 37.4 Å². The molecule has 1 atom stereocenters. The van der Waals surface area contributed by atoms with Crippen LogP contribution in [0.25, 0.3) is 0 Å². The molecule has 3 aliphatic rings. The molecular weight excluding hydrogens is 202 g/mol. The fourth-order valence-corrected chi connectivity index (χ4v) is 2.52. The molecule has 1 aliphatic heterocycles. The molecule has 1 unspecified atom stereocenters. The van der Waals surface area contributed by atoms with Crippen LogP contribution in [-0.4, -0.2) is 29.2 Å². The second-order valence-corrected chi connectivity index (χ2v) is 4.86. The van der Waals surface area contributed by atoms with Crippen LogP contribution >= 0.6 is 0 Å². The number of rotatable bonds is 3. The number of carbonyl (C=O) groups excluding carboxylic acids is 2. The van der Waals surface area contributed by atoms with Gasteiger partial charge in [-0.3, -0.25) is 9.59 Å². The zero-order chi connectivity index (χ0) is 11.1. The number of Topliss-reactive ketones (excluding diaryl/α,β-unsaturated/α-hetero) is 1. The fraction of sp³-hybridized carbons (Fsp3) is 0.538. The first-order valence-electron chi connectivity index (χ1n) is 5.99. The molecule has 0 aromatic heterocycles. The summed E-state index contributed by atoms with van der Waals surface area (Å²) in [7, 11) is 0. The molecular formula is C13H15NO2. The third-order valence-electron chi connectivity index (χ3n) is 3.70. The second-order valence-electron chi connectivity index (χ2n) is 4.86. The van der Waals surface area contributed by atoms with Crippen LogP contribution in [0, 0.1) is 5.92 Å². The normalized spacial score (nSPS) is 28.4. The lowest BCUT2D eigenvalue weighted by Crippen LogP contribution is -2.35. The van der Waals surface area contributed by atoms with Crippen molar-refractivity contribution < 1.29 is 9.59 Å². The van der Waals surface area contributed by atoms with Gasteiger partial charge in [-0.25, -0.2) is 0 Å². The van der Waals surface area contributed by atoms with Crippen molar-refractivity contribution in [3.8, 4) is 0 Å². The van der Waals surface area contributed by atoms with Crippen LogP contribution in [0.15, 0.2) is 23.8 Å². The summed E-state index contributed by atoms with van der Waals surface area (Å²) in [5, 5.41) is 0. The van der Waals surface area contributed by atoms with Gasteiger partial charge in [0.15, 0.2) is 0 Å². The fourth-order valence-electron chi connectivity index (χ4n) is 2.52. The largest absolute Gasteiger partial charge is 0.328 e. The molecule has 16 heavy (non-hydrogen) atoms. The molecule has 2 fully saturated rings. The number of amides is 1. The van der Waals surface area contributed by atoms with Crippen LogP contribution in [0.1, 0.15) is 25.7 Å². The SMILES string of the molecule is O=C1C(=O)N(CCC2CC2)C2CC=CC=C12. The van der Waals surface area contributed by atoms with E-state index in [0.717, 1.165) is 25.3 Å². The van der Waals surface area contributed by atoms with E-state index >= 15 is 0 Å². The van der Waals surface area contributed by atoms with E-state index in [1.54, 1.807) is 11.0 Å². The van der Waals surface area contributed by atoms with Gasteiger partial charge >= 0.3 is 0 Å². The van der Waals surface area contributed by atoms with Gasteiger partial charge < -0.3 is 4.90 Å². The smallest absolute Gasteiger partial charge is 0.295 e. The number of hydrogen-bond donors (Lipinski definition) is 0. The Morgan fingerprint density at radius 3 is 2.88 bits per heavy atom. The van der Waals surface area contributed by atoms with Gasteiger partial charge in [-0.2, -0.15) is 0 Å². The number of fused-ring (bicyclic) bond motifs is 1. The van der Waals surface area contributed by atoms with Gasteiger partial charge in [0.05, 0.1) is 6.04 Å². The highest BCUT2D eigenvalue weighted by Gasteiger charge is 2.42. The van der Waals surface area contributed by atoms with Crippen molar-refractivity contribution in [2.24, 2.45) is 5.92 Å². The maximum Gasteiger partial charge on any atom is 0.295 e. The summed E-state index contributed by atoms with van der Waals surface area (Å²) in [4.78, 5) is 25.3. The first-order chi connectivity index (χ1) is 7.77. The van der Waals surface area contributed by atoms with Gasteiger partial charge in [-0.05, 0) is 18.8 Å². The lowest BCUT2D eigenvalue weighted by Gasteiger charge is -2.24. The zero-order valence-electron chi connectivity index (χ0n) is 9.19. The maximum atomic E-state index is 11.8. The average Bonchev–Trinajstić information content (AvgIpc) is 3.09. The molecule has 0 bridgehead atoms. The average molecular weight is 217 g/mol. The minimum Gasteiger partial charge on any atom is -0.328 e. The van der Waals surface area contributed by atoms with E-state index in [0.29, 0.717) is 5.57 Å². The minimum atomic E-state index is -0.291. The molecule has 3 heteroatoms. The van der Waals surface area contributed by atoms with Crippen LogP contribution < -0.4 is 0 Å². The number of likely N-dealkylation sites (tertiary alicyclic amines) is 1. The Morgan fingerprint density at radius 2 is 2.12 bits per heavy atom. The second kappa shape index (κ2) is 3.58. The Labute approximate surface area is 94.8 Å². The van der Waals surface area contributed by atoms with E-state index in [1.165, 1.54) is 12.8 Å². The molecule has 0 aromatic carbocycles. The highest BCUT2D eigenvalue weighted by Crippen LogP contribution is 2.34. The summed E-state index contributed by atoms with van der Waals surface area (Å²) < 4.78 is 0. The van der Waals surface area contributed by atoms with Crippen molar-refractivity contribution in [3.63, 3.8) is 0 Å². The predicted molar refractivity (Wildman–Crippen MR) is 59.7 cm³/mol. The van der Waals surface area contributed by atoms with Gasteiger partial charge in [-0.15, -0.1) is 0 Å². The summed E-state index contributed by atoms with van der Waals surface area (Å²) >= 11 is 0. The number of hydrogen-bond acceptors (Lipinski definition) is 2. The molecule has 3 nitrogen and oxygen atoms in total. The van der Waals surface area contributed by atoms with E-state index in [1.807, 2.05) is 12.2 Å². The molecule has 0 spiro atoms. The molecule has 84 valence electrons. The molecule has 3 rings (SSSR count). The molecule has 1 saturated carbocycles. The van der Waals surface area contributed by atoms with E-state index < -0.39 is 0 Å². The van der Waals surface area contributed by atoms with E-state index in [2.05, 4.69) is 0 Å². The lowest BCUT2D eigenvalue weighted by atomic mass is 9.99. The van der Waals surface area contributed by atoms with Gasteiger partial charge in [0.25, 0.3) is 5.91 Å². The standard InChI is InChI=1S/C13H15NO2/c15-12-10-3-1-2-4-11(10)14(13(12)16)8-7-9-5-6-9/h1-3,9,11H,4-8H2. The first-order valence-corrected chi connectivity index (χ1v) is 5.99. The van der Waals surface area contributed by atoms with E-state index in [-0.39, 0.29) is 17.7 Å². The maximum absolute atomic E-state index is 11.8. The van der Waals surface area contributed by atoms with Gasteiger partial charge in [-0.1, -0.05) is 31.1 Å². The van der Waals surface area contributed by atoms with Crippen molar-refractivity contribution in [1.82, 2.24) is 4.90 Å². The van der Waals surface area contributed by atoms with Crippen LogP contribution in [0.3, 0.4) is 0 Å². The predicted octanol–water partition coefficient (Wildman–Crippen LogP) is 1.45. The molecule has 0 aromatic rings. The number of ketones is 1. The Bertz CT molecular complexity index is 404. The van der Waals surface area contributed by atoms with Crippen molar-refractivity contribution >= 4 is 11.7 Å². The minimum absolute atomic E-state index is 0.0312. The summed E-state index contributed by atoms with van der Waals surface area (Å²) in [6, 6.07) is 0.0312. The molecule has 1 amide bonds. The summed E-state index contributed by atoms with van der Waals surface area (Å²) in [5.41, 5.74) is 0.697.